The van der Waals surface area contributed by atoms with E-state index in [2.05, 4.69) is 5.32 Å². The van der Waals surface area contributed by atoms with E-state index < -0.39 is 16.1 Å². The van der Waals surface area contributed by atoms with Gasteiger partial charge in [-0.2, -0.15) is 0 Å². The molecule has 1 unspecified atom stereocenters. The van der Waals surface area contributed by atoms with Crippen molar-refractivity contribution >= 4 is 39.1 Å². The first-order valence-electron chi connectivity index (χ1n) is 12.9. The number of hydrogen-bond acceptors (Lipinski definition) is 4. The van der Waals surface area contributed by atoms with Gasteiger partial charge in [-0.25, -0.2) is 8.42 Å². The van der Waals surface area contributed by atoms with Gasteiger partial charge < -0.3 is 10.2 Å². The van der Waals surface area contributed by atoms with Crippen molar-refractivity contribution in [2.24, 2.45) is 0 Å². The summed E-state index contributed by atoms with van der Waals surface area (Å²) in [6.45, 7) is 5.97. The largest absolute Gasteiger partial charge is 0.352 e. The molecule has 1 aliphatic carbocycles. The fourth-order valence-electron chi connectivity index (χ4n) is 4.79. The van der Waals surface area contributed by atoms with Crippen LogP contribution in [0.15, 0.2) is 42.5 Å². The van der Waals surface area contributed by atoms with E-state index in [9.17, 15) is 18.0 Å². The van der Waals surface area contributed by atoms with Crippen molar-refractivity contribution in [1.29, 1.82) is 0 Å². The number of nitrogens with zero attached hydrogens (tertiary/aromatic N) is 2. The summed E-state index contributed by atoms with van der Waals surface area (Å²) in [5.74, 6) is -0.338. The summed E-state index contributed by atoms with van der Waals surface area (Å²) < 4.78 is 26.5. The van der Waals surface area contributed by atoms with E-state index in [-0.39, 0.29) is 30.8 Å². The summed E-state index contributed by atoms with van der Waals surface area (Å²) in [6, 6.07) is 12.5. The molecule has 1 N–H and O–H groups in total. The third-order valence-electron chi connectivity index (χ3n) is 7.13. The number of hydrogen-bond donors (Lipinski definition) is 1. The monoisotopic (exact) mass is 547 g/mol. The van der Waals surface area contributed by atoms with Crippen LogP contribution in [0.1, 0.15) is 62.1 Å². The topological polar surface area (TPSA) is 86.8 Å². The molecule has 0 radical (unpaired) electrons. The molecule has 0 aromatic heterocycles. The van der Waals surface area contributed by atoms with E-state index in [1.165, 1.54) is 4.31 Å². The van der Waals surface area contributed by atoms with E-state index in [1.807, 2.05) is 31.2 Å². The highest BCUT2D eigenvalue weighted by Crippen LogP contribution is 2.28. The molecular weight excluding hydrogens is 510 g/mol. The van der Waals surface area contributed by atoms with Gasteiger partial charge in [-0.3, -0.25) is 13.9 Å². The normalized spacial score (nSPS) is 14.8. The van der Waals surface area contributed by atoms with Crippen molar-refractivity contribution < 1.29 is 18.0 Å². The van der Waals surface area contributed by atoms with E-state index in [4.69, 9.17) is 11.6 Å². The van der Waals surface area contributed by atoms with Crippen molar-refractivity contribution in [3.05, 3.63) is 64.2 Å². The van der Waals surface area contributed by atoms with Gasteiger partial charge in [0.25, 0.3) is 0 Å². The molecule has 1 atom stereocenters. The zero-order valence-corrected chi connectivity index (χ0v) is 23.7. The third-order valence-corrected chi connectivity index (χ3v) is 8.72. The van der Waals surface area contributed by atoms with Crippen LogP contribution in [0.4, 0.5) is 5.69 Å². The molecule has 2 aromatic rings. The van der Waals surface area contributed by atoms with E-state index >= 15 is 0 Å². The molecule has 0 bridgehead atoms. The highest BCUT2D eigenvalue weighted by atomic mass is 35.5. The molecule has 2 aromatic carbocycles. The molecule has 3 rings (SSSR count). The molecule has 0 heterocycles. The standard InChI is InChI=1S/C28H38ClN3O4S/c1-20-11-5-6-12-23(20)19-31(22(3)28(34)30-24-13-7-8-14-24)27(33)17-10-18-32(37(4,35)36)26-16-9-15-25(29)21(26)2/h5-6,9,11-12,15-16,22,24H,7-8,10,13-14,17-19H2,1-4H3,(H,30,34). The molecule has 0 spiro atoms. The summed E-state index contributed by atoms with van der Waals surface area (Å²) in [4.78, 5) is 28.2. The SMILES string of the molecule is Cc1ccccc1CN(C(=O)CCCN(c1cccc(Cl)c1C)S(C)(=O)=O)C(C)C(=O)NC1CCCC1. The molecule has 1 saturated carbocycles. The summed E-state index contributed by atoms with van der Waals surface area (Å²) in [5.41, 5.74) is 3.19. The maximum Gasteiger partial charge on any atom is 0.242 e. The summed E-state index contributed by atoms with van der Waals surface area (Å²) >= 11 is 6.23. The number of amides is 2. The Bertz CT molecular complexity index is 1210. The summed E-state index contributed by atoms with van der Waals surface area (Å²) in [7, 11) is -3.59. The first-order chi connectivity index (χ1) is 17.5. The quantitative estimate of drug-likeness (QED) is 0.430. The van der Waals surface area contributed by atoms with Crippen LogP contribution < -0.4 is 9.62 Å². The second-order valence-corrected chi connectivity index (χ2v) is 12.3. The minimum absolute atomic E-state index is 0.110. The Labute approximate surface area is 226 Å². The zero-order chi connectivity index (χ0) is 27.2. The molecule has 7 nitrogen and oxygen atoms in total. The molecule has 202 valence electrons. The van der Waals surface area contributed by atoms with Gasteiger partial charge >= 0.3 is 0 Å². The van der Waals surface area contributed by atoms with E-state index in [0.717, 1.165) is 43.1 Å². The van der Waals surface area contributed by atoms with Crippen LogP contribution in [-0.2, 0) is 26.2 Å². The van der Waals surface area contributed by atoms with Gasteiger partial charge in [0.05, 0.1) is 11.9 Å². The number of aryl methyl sites for hydroxylation is 1. The fraction of sp³-hybridized carbons (Fsp3) is 0.500. The van der Waals surface area contributed by atoms with Crippen molar-refractivity contribution in [2.75, 3.05) is 17.1 Å². The number of rotatable bonds is 11. The smallest absolute Gasteiger partial charge is 0.242 e. The Morgan fingerprint density at radius 3 is 2.41 bits per heavy atom. The van der Waals surface area contributed by atoms with Crippen molar-refractivity contribution in [1.82, 2.24) is 10.2 Å². The summed E-state index contributed by atoms with van der Waals surface area (Å²) in [6.07, 6.45) is 5.71. The average Bonchev–Trinajstić information content (AvgIpc) is 3.35. The van der Waals surface area contributed by atoms with Crippen LogP contribution in [0.25, 0.3) is 0 Å². The lowest BCUT2D eigenvalue weighted by Crippen LogP contribution is -2.49. The van der Waals surface area contributed by atoms with Crippen molar-refractivity contribution in [3.63, 3.8) is 0 Å². The molecular formula is C28H38ClN3O4S. The van der Waals surface area contributed by atoms with Gasteiger partial charge in [0.1, 0.15) is 6.04 Å². The number of sulfonamides is 1. The summed E-state index contributed by atoms with van der Waals surface area (Å²) in [5, 5.41) is 3.59. The first-order valence-corrected chi connectivity index (χ1v) is 15.1. The van der Waals surface area contributed by atoms with E-state index in [0.29, 0.717) is 29.2 Å². The number of nitrogens with one attached hydrogen (secondary N) is 1. The maximum absolute atomic E-state index is 13.5. The highest BCUT2D eigenvalue weighted by molar-refractivity contribution is 7.92. The van der Waals surface area contributed by atoms with Crippen molar-refractivity contribution in [3.8, 4) is 0 Å². The van der Waals surface area contributed by atoms with Crippen LogP contribution in [0, 0.1) is 13.8 Å². The number of benzene rings is 2. The Morgan fingerprint density at radius 1 is 1.08 bits per heavy atom. The number of halogens is 1. The fourth-order valence-corrected chi connectivity index (χ4v) is 5.98. The lowest BCUT2D eigenvalue weighted by atomic mass is 10.1. The van der Waals surface area contributed by atoms with Crippen LogP contribution in [0.2, 0.25) is 5.02 Å². The van der Waals surface area contributed by atoms with E-state index in [1.54, 1.807) is 36.9 Å². The second kappa shape index (κ2) is 12.8. The third kappa shape index (κ3) is 7.71. The van der Waals surface area contributed by atoms with Gasteiger partial charge in [0.2, 0.25) is 21.8 Å². The average molecular weight is 548 g/mol. The predicted octanol–water partition coefficient (Wildman–Crippen LogP) is 4.98. The highest BCUT2D eigenvalue weighted by Gasteiger charge is 2.29. The minimum Gasteiger partial charge on any atom is -0.352 e. The molecule has 37 heavy (non-hydrogen) atoms. The van der Waals surface area contributed by atoms with Crippen molar-refractivity contribution in [2.45, 2.75) is 77.9 Å². The molecule has 1 fully saturated rings. The lowest BCUT2D eigenvalue weighted by molar-refractivity contribution is -0.141. The predicted molar refractivity (Wildman–Crippen MR) is 149 cm³/mol. The van der Waals surface area contributed by atoms with Gasteiger partial charge in [-0.05, 0) is 68.9 Å². The zero-order valence-electron chi connectivity index (χ0n) is 22.2. The second-order valence-electron chi connectivity index (χ2n) is 9.94. The maximum atomic E-state index is 13.5. The molecule has 1 aliphatic rings. The Kier molecular flexibility index (Phi) is 10.0. The number of carbonyl (C=O) groups excluding carboxylic acids is 2. The number of anilines is 1. The number of carbonyl (C=O) groups is 2. The van der Waals surface area contributed by atoms with Crippen LogP contribution in [-0.4, -0.2) is 50.0 Å². The molecule has 9 heteroatoms. The Balaban J connectivity index is 1.75. The molecule has 0 aliphatic heterocycles. The van der Waals surface area contributed by atoms with Gasteiger partial charge in [0.15, 0.2) is 0 Å². The van der Waals surface area contributed by atoms with Crippen LogP contribution in [0.5, 0.6) is 0 Å². The van der Waals surface area contributed by atoms with Gasteiger partial charge in [0, 0.05) is 30.6 Å². The van der Waals surface area contributed by atoms with Gasteiger partial charge in [-0.15, -0.1) is 0 Å². The lowest BCUT2D eigenvalue weighted by Gasteiger charge is -2.31. The minimum atomic E-state index is -3.59. The first kappa shape index (κ1) is 29.0. The Morgan fingerprint density at radius 2 is 1.76 bits per heavy atom. The Hall–Kier alpha value is -2.58. The van der Waals surface area contributed by atoms with Crippen LogP contribution >= 0.6 is 11.6 Å². The molecule has 0 saturated heterocycles. The van der Waals surface area contributed by atoms with Crippen LogP contribution in [0.3, 0.4) is 0 Å². The van der Waals surface area contributed by atoms with Gasteiger partial charge in [-0.1, -0.05) is 54.8 Å². The molecule has 2 amide bonds.